The molecule has 0 aromatic heterocycles. The fourth-order valence-corrected chi connectivity index (χ4v) is 2.85. The van der Waals surface area contributed by atoms with Crippen LogP contribution in [0.1, 0.15) is 25.3 Å². The van der Waals surface area contributed by atoms with Crippen molar-refractivity contribution in [3.63, 3.8) is 0 Å². The predicted octanol–water partition coefficient (Wildman–Crippen LogP) is 2.81. The number of rotatable bonds is 2. The first-order chi connectivity index (χ1) is 7.37. The minimum atomic E-state index is -0.380. The lowest BCUT2D eigenvalue weighted by molar-refractivity contribution is -0.385. The monoisotopic (exact) mass is 284 g/mol. The van der Waals surface area contributed by atoms with Gasteiger partial charge < -0.3 is 5.73 Å². The van der Waals surface area contributed by atoms with Crippen LogP contribution in [0.5, 0.6) is 0 Å². The summed E-state index contributed by atoms with van der Waals surface area (Å²) in [5, 5.41) is 10.8. The number of nitrogens with zero attached hydrogens (tertiary/aromatic N) is 1. The molecule has 1 fully saturated rings. The first-order valence-corrected chi connectivity index (χ1v) is 5.85. The molecular weight excluding hydrogens is 272 g/mol. The molecule has 1 saturated carbocycles. The van der Waals surface area contributed by atoms with Gasteiger partial charge in [0.1, 0.15) is 0 Å². The highest BCUT2D eigenvalue weighted by molar-refractivity contribution is 9.10. The van der Waals surface area contributed by atoms with E-state index >= 15 is 0 Å². The maximum absolute atomic E-state index is 10.8. The summed E-state index contributed by atoms with van der Waals surface area (Å²) in [6.45, 7) is 4.15. The van der Waals surface area contributed by atoms with E-state index in [9.17, 15) is 10.1 Å². The third-order valence-electron chi connectivity index (χ3n) is 3.45. The van der Waals surface area contributed by atoms with E-state index in [0.717, 1.165) is 5.56 Å². The zero-order valence-electron chi connectivity index (χ0n) is 9.11. The summed E-state index contributed by atoms with van der Waals surface area (Å²) in [5.74, 6) is 0.196. The van der Waals surface area contributed by atoms with E-state index < -0.39 is 0 Å². The molecule has 2 atom stereocenters. The van der Waals surface area contributed by atoms with Crippen LogP contribution in [0.2, 0.25) is 0 Å². The number of benzene rings is 1. The molecule has 16 heavy (non-hydrogen) atoms. The van der Waals surface area contributed by atoms with Gasteiger partial charge >= 0.3 is 0 Å². The van der Waals surface area contributed by atoms with Crippen LogP contribution in [0.15, 0.2) is 22.7 Å². The van der Waals surface area contributed by atoms with Crippen LogP contribution in [-0.2, 0) is 0 Å². The molecule has 1 aromatic carbocycles. The van der Waals surface area contributed by atoms with Gasteiger partial charge in [-0.2, -0.15) is 0 Å². The number of hydrogen-bond donors (Lipinski definition) is 1. The quantitative estimate of drug-likeness (QED) is 0.671. The molecule has 2 N–H and O–H groups in total. The highest BCUT2D eigenvalue weighted by Crippen LogP contribution is 2.59. The molecule has 0 spiro atoms. The van der Waals surface area contributed by atoms with Crippen molar-refractivity contribution in [2.75, 3.05) is 0 Å². The van der Waals surface area contributed by atoms with Gasteiger partial charge in [-0.3, -0.25) is 10.1 Å². The average molecular weight is 285 g/mol. The van der Waals surface area contributed by atoms with Gasteiger partial charge in [0, 0.05) is 18.0 Å². The molecule has 1 aliphatic rings. The maximum atomic E-state index is 10.8. The average Bonchev–Trinajstić information content (AvgIpc) is 2.67. The number of hydrogen-bond acceptors (Lipinski definition) is 3. The molecule has 1 aromatic rings. The van der Waals surface area contributed by atoms with Crippen molar-refractivity contribution < 1.29 is 4.92 Å². The molecule has 1 aliphatic carbocycles. The molecule has 0 aliphatic heterocycles. The van der Waals surface area contributed by atoms with Gasteiger partial charge in [0.15, 0.2) is 0 Å². The minimum Gasteiger partial charge on any atom is -0.327 e. The van der Waals surface area contributed by atoms with Crippen molar-refractivity contribution in [3.05, 3.63) is 38.3 Å². The lowest BCUT2D eigenvalue weighted by Gasteiger charge is -2.05. The molecule has 0 radical (unpaired) electrons. The van der Waals surface area contributed by atoms with Crippen molar-refractivity contribution in [1.29, 1.82) is 0 Å². The van der Waals surface area contributed by atoms with Gasteiger partial charge in [0.25, 0.3) is 5.69 Å². The summed E-state index contributed by atoms with van der Waals surface area (Å²) < 4.78 is 0.561. The highest BCUT2D eigenvalue weighted by Gasteiger charge is 2.57. The number of nitro benzene ring substituents is 1. The molecule has 86 valence electrons. The Morgan fingerprint density at radius 2 is 2.06 bits per heavy atom. The Kier molecular flexibility index (Phi) is 2.55. The summed E-state index contributed by atoms with van der Waals surface area (Å²) in [4.78, 5) is 10.4. The van der Waals surface area contributed by atoms with Gasteiger partial charge in [0.05, 0.1) is 9.40 Å². The van der Waals surface area contributed by atoms with Crippen molar-refractivity contribution >= 4 is 21.6 Å². The molecule has 0 amide bonds. The van der Waals surface area contributed by atoms with E-state index in [1.54, 1.807) is 6.07 Å². The van der Waals surface area contributed by atoms with E-state index in [0.29, 0.717) is 4.47 Å². The van der Waals surface area contributed by atoms with Crippen LogP contribution < -0.4 is 5.73 Å². The summed E-state index contributed by atoms with van der Waals surface area (Å²) in [5.41, 5.74) is 7.05. The first kappa shape index (κ1) is 11.5. The second kappa shape index (κ2) is 3.53. The van der Waals surface area contributed by atoms with Crippen LogP contribution in [0.4, 0.5) is 5.69 Å². The van der Waals surface area contributed by atoms with Crippen LogP contribution in [-0.4, -0.2) is 11.0 Å². The number of halogens is 1. The second-order valence-corrected chi connectivity index (χ2v) is 5.56. The molecule has 5 heteroatoms. The lowest BCUT2D eigenvalue weighted by atomic mass is 10.0. The zero-order chi connectivity index (χ0) is 12.1. The van der Waals surface area contributed by atoms with Crippen LogP contribution >= 0.6 is 15.9 Å². The SMILES string of the molecule is CC1(C)[C@@H](N)[C@@H]1c1cccc([N+](=O)[O-])c1Br. The Morgan fingerprint density at radius 1 is 1.50 bits per heavy atom. The van der Waals surface area contributed by atoms with Crippen LogP contribution in [0.25, 0.3) is 0 Å². The maximum Gasteiger partial charge on any atom is 0.283 e. The topological polar surface area (TPSA) is 69.2 Å². The van der Waals surface area contributed by atoms with Crippen LogP contribution in [0.3, 0.4) is 0 Å². The predicted molar refractivity (Wildman–Crippen MR) is 65.3 cm³/mol. The van der Waals surface area contributed by atoms with Gasteiger partial charge in [-0.25, -0.2) is 0 Å². The van der Waals surface area contributed by atoms with Crippen molar-refractivity contribution in [2.45, 2.75) is 25.8 Å². The van der Waals surface area contributed by atoms with Gasteiger partial charge in [-0.1, -0.05) is 26.0 Å². The molecule has 2 rings (SSSR count). The van der Waals surface area contributed by atoms with Crippen molar-refractivity contribution in [2.24, 2.45) is 11.1 Å². The van der Waals surface area contributed by atoms with E-state index in [1.807, 2.05) is 6.07 Å². The summed E-state index contributed by atoms with van der Waals surface area (Å²) in [6.07, 6.45) is 0. The molecule has 4 nitrogen and oxygen atoms in total. The van der Waals surface area contributed by atoms with E-state index in [2.05, 4.69) is 29.8 Å². The Morgan fingerprint density at radius 3 is 2.50 bits per heavy atom. The van der Waals surface area contributed by atoms with Crippen LogP contribution in [0, 0.1) is 15.5 Å². The molecule has 0 saturated heterocycles. The van der Waals surface area contributed by atoms with E-state index in [-0.39, 0.29) is 28.0 Å². The third kappa shape index (κ3) is 1.55. The van der Waals surface area contributed by atoms with E-state index in [1.165, 1.54) is 6.07 Å². The minimum absolute atomic E-state index is 0.0255. The van der Waals surface area contributed by atoms with Crippen molar-refractivity contribution in [3.8, 4) is 0 Å². The smallest absolute Gasteiger partial charge is 0.283 e. The summed E-state index contributed by atoms with van der Waals surface area (Å²) >= 11 is 3.30. The molecular formula is C11H13BrN2O2. The Hall–Kier alpha value is -0.940. The van der Waals surface area contributed by atoms with Gasteiger partial charge in [0.2, 0.25) is 0 Å². The molecule has 0 bridgehead atoms. The molecule has 0 heterocycles. The van der Waals surface area contributed by atoms with Gasteiger partial charge in [-0.15, -0.1) is 0 Å². The lowest BCUT2D eigenvalue weighted by Crippen LogP contribution is -2.06. The van der Waals surface area contributed by atoms with Crippen molar-refractivity contribution in [1.82, 2.24) is 0 Å². The van der Waals surface area contributed by atoms with Gasteiger partial charge in [-0.05, 0) is 26.9 Å². The number of nitro groups is 1. The zero-order valence-corrected chi connectivity index (χ0v) is 10.7. The number of nitrogens with two attached hydrogens (primary N) is 1. The molecule has 0 unspecified atom stereocenters. The Labute approximate surface area is 102 Å². The highest BCUT2D eigenvalue weighted by atomic mass is 79.9. The first-order valence-electron chi connectivity index (χ1n) is 5.05. The summed E-state index contributed by atoms with van der Waals surface area (Å²) in [6, 6.07) is 5.18. The third-order valence-corrected chi connectivity index (χ3v) is 4.31. The normalized spacial score (nSPS) is 26.5. The summed E-state index contributed by atoms with van der Waals surface area (Å²) in [7, 11) is 0. The Bertz CT molecular complexity index is 459. The second-order valence-electron chi connectivity index (χ2n) is 4.76. The Balaban J connectivity index is 2.45. The standard InChI is InChI=1S/C11H13BrN2O2/c1-11(2)8(10(11)13)6-4-3-5-7(9(6)12)14(15)16/h3-5,8,10H,13H2,1-2H3/t8-,10-/m0/s1. The fourth-order valence-electron chi connectivity index (χ4n) is 2.19. The fraction of sp³-hybridized carbons (Fsp3) is 0.455. The van der Waals surface area contributed by atoms with E-state index in [4.69, 9.17) is 5.73 Å². The largest absolute Gasteiger partial charge is 0.327 e.